The second kappa shape index (κ2) is 7.94. The van der Waals surface area contributed by atoms with Crippen molar-refractivity contribution < 1.29 is 13.2 Å². The summed E-state index contributed by atoms with van der Waals surface area (Å²) in [4.78, 5) is 12.6. The van der Waals surface area contributed by atoms with Crippen molar-refractivity contribution in [3.63, 3.8) is 0 Å². The molecule has 162 valence electrons. The monoisotopic (exact) mass is 452 g/mol. The van der Waals surface area contributed by atoms with E-state index in [-0.39, 0.29) is 5.82 Å². The van der Waals surface area contributed by atoms with Crippen LogP contribution in [0.15, 0.2) is 42.7 Å². The molecule has 2 aromatic carbocycles. The van der Waals surface area contributed by atoms with E-state index in [2.05, 4.69) is 20.3 Å². The van der Waals surface area contributed by atoms with Crippen molar-refractivity contribution >= 4 is 38.3 Å². The van der Waals surface area contributed by atoms with Gasteiger partial charge in [-0.2, -0.15) is 0 Å². The van der Waals surface area contributed by atoms with Gasteiger partial charge < -0.3 is 10.3 Å². The molecule has 0 spiro atoms. The Morgan fingerprint density at radius 2 is 1.78 bits per heavy atom. The maximum absolute atomic E-state index is 14.2. The number of aromatic nitrogens is 3. The van der Waals surface area contributed by atoms with E-state index >= 15 is 0 Å². The Morgan fingerprint density at radius 1 is 0.969 bits per heavy atom. The van der Waals surface area contributed by atoms with Crippen LogP contribution in [0.2, 0.25) is 0 Å². The van der Waals surface area contributed by atoms with Crippen molar-refractivity contribution in [3.8, 4) is 10.4 Å². The van der Waals surface area contributed by atoms with E-state index in [9.17, 15) is 13.2 Å². The van der Waals surface area contributed by atoms with Gasteiger partial charge in [-0.3, -0.25) is 0 Å². The zero-order valence-electron chi connectivity index (χ0n) is 17.4. The van der Waals surface area contributed by atoms with Gasteiger partial charge in [0, 0.05) is 22.5 Å². The molecule has 32 heavy (non-hydrogen) atoms. The number of hydrogen-bond acceptors (Lipinski definition) is 4. The van der Waals surface area contributed by atoms with Gasteiger partial charge in [0.2, 0.25) is 0 Å². The maximum Gasteiger partial charge on any atom is 0.159 e. The summed E-state index contributed by atoms with van der Waals surface area (Å²) in [6.45, 7) is 4.52. The van der Waals surface area contributed by atoms with Gasteiger partial charge in [-0.1, -0.05) is 12.1 Å². The lowest BCUT2D eigenvalue weighted by Crippen LogP contribution is -2.07. The fraction of sp³-hybridized carbons (Fsp3) is 0.167. The zero-order chi connectivity index (χ0) is 22.4. The van der Waals surface area contributed by atoms with Crippen LogP contribution in [0, 0.1) is 31.3 Å². The minimum Gasteiger partial charge on any atom is -0.368 e. The average Bonchev–Trinajstić information content (AvgIpc) is 3.35. The zero-order valence-corrected chi connectivity index (χ0v) is 18.2. The number of nitrogens with zero attached hydrogens (tertiary/aromatic N) is 2. The van der Waals surface area contributed by atoms with Gasteiger partial charge in [0.1, 0.15) is 18.0 Å². The largest absolute Gasteiger partial charge is 0.368 e. The van der Waals surface area contributed by atoms with Crippen LogP contribution in [0.4, 0.5) is 19.0 Å². The summed E-state index contributed by atoms with van der Waals surface area (Å²) in [7, 11) is 0. The molecular weight excluding hydrogens is 433 g/mol. The molecule has 0 saturated carbocycles. The number of fused-ring (bicyclic) bond motifs is 2. The Hall–Kier alpha value is -3.39. The molecule has 0 atom stereocenters. The lowest BCUT2D eigenvalue weighted by molar-refractivity contribution is 0.509. The summed E-state index contributed by atoms with van der Waals surface area (Å²) in [5.74, 6) is -1.34. The molecule has 2 N–H and O–H groups in total. The number of hydrogen-bond donors (Lipinski definition) is 2. The molecule has 0 bridgehead atoms. The van der Waals surface area contributed by atoms with Crippen LogP contribution in [0.25, 0.3) is 31.6 Å². The van der Waals surface area contributed by atoms with E-state index < -0.39 is 11.6 Å². The third kappa shape index (κ3) is 3.50. The number of benzene rings is 2. The highest BCUT2D eigenvalue weighted by Crippen LogP contribution is 2.36. The van der Waals surface area contributed by atoms with E-state index in [0.29, 0.717) is 29.9 Å². The lowest BCUT2D eigenvalue weighted by atomic mass is 10.0. The molecule has 5 aromatic rings. The second-order valence-corrected chi connectivity index (χ2v) is 8.75. The average molecular weight is 453 g/mol. The van der Waals surface area contributed by atoms with Crippen molar-refractivity contribution in [2.24, 2.45) is 0 Å². The lowest BCUT2D eigenvalue weighted by Gasteiger charge is -2.07. The molecule has 0 amide bonds. The minimum atomic E-state index is -0.884. The number of halogens is 3. The molecule has 4 nitrogen and oxygen atoms in total. The van der Waals surface area contributed by atoms with Gasteiger partial charge in [-0.15, -0.1) is 11.3 Å². The SMILES string of the molecule is Cc1[nH]c2c(F)ccc(C)c2c1CCNc1ncnc2cc(-c3ccc(F)c(F)c3)sc12. The third-order valence-corrected chi connectivity index (χ3v) is 6.79. The molecular formula is C24H19F3N4S. The number of anilines is 1. The summed E-state index contributed by atoms with van der Waals surface area (Å²) in [5.41, 5.74) is 4.90. The predicted octanol–water partition coefficient (Wildman–Crippen LogP) is 6.53. The first-order chi connectivity index (χ1) is 15.4. The normalized spacial score (nSPS) is 11.5. The number of thiophene rings is 1. The van der Waals surface area contributed by atoms with Crippen LogP contribution in [-0.2, 0) is 6.42 Å². The van der Waals surface area contributed by atoms with Gasteiger partial charge in [0.25, 0.3) is 0 Å². The van der Waals surface area contributed by atoms with Crippen LogP contribution >= 0.6 is 11.3 Å². The number of rotatable bonds is 5. The fourth-order valence-electron chi connectivity index (χ4n) is 4.03. The van der Waals surface area contributed by atoms with Crippen molar-refractivity contribution in [2.75, 3.05) is 11.9 Å². The first-order valence-electron chi connectivity index (χ1n) is 10.1. The second-order valence-electron chi connectivity index (χ2n) is 7.70. The summed E-state index contributed by atoms with van der Waals surface area (Å²) in [6.07, 6.45) is 2.16. The molecule has 0 aliphatic rings. The topological polar surface area (TPSA) is 53.6 Å². The highest BCUT2D eigenvalue weighted by Gasteiger charge is 2.15. The molecule has 0 fully saturated rings. The van der Waals surface area contributed by atoms with Crippen LogP contribution in [0.3, 0.4) is 0 Å². The molecule has 0 aliphatic heterocycles. The van der Waals surface area contributed by atoms with Crippen molar-refractivity contribution in [3.05, 3.63) is 77.0 Å². The number of aromatic amines is 1. The first kappa shape index (κ1) is 20.5. The van der Waals surface area contributed by atoms with E-state index in [1.165, 1.54) is 29.8 Å². The molecule has 8 heteroatoms. The van der Waals surface area contributed by atoms with Crippen molar-refractivity contribution in [2.45, 2.75) is 20.3 Å². The van der Waals surface area contributed by atoms with Crippen LogP contribution in [0.1, 0.15) is 16.8 Å². The first-order valence-corrected chi connectivity index (χ1v) is 10.9. The number of H-pyrrole nitrogens is 1. The van der Waals surface area contributed by atoms with E-state index in [1.807, 2.05) is 19.9 Å². The molecule has 5 rings (SSSR count). The van der Waals surface area contributed by atoms with Gasteiger partial charge in [-0.25, -0.2) is 23.1 Å². The minimum absolute atomic E-state index is 0.256. The van der Waals surface area contributed by atoms with E-state index in [1.54, 1.807) is 12.1 Å². The number of aryl methyl sites for hydroxylation is 2. The molecule has 0 aliphatic carbocycles. The van der Waals surface area contributed by atoms with E-state index in [4.69, 9.17) is 0 Å². The van der Waals surface area contributed by atoms with Crippen LogP contribution in [-0.4, -0.2) is 21.5 Å². The standard InChI is InChI=1S/C24H19F3N4S/c1-12-3-5-17(26)22-21(12)15(13(2)31-22)7-8-28-24-23-19(29-11-30-24)10-20(32-23)14-4-6-16(25)18(27)9-14/h3-6,9-11,31H,7-8H2,1-2H3,(H,28,29,30). The smallest absolute Gasteiger partial charge is 0.159 e. The Morgan fingerprint density at radius 3 is 2.59 bits per heavy atom. The highest BCUT2D eigenvalue weighted by molar-refractivity contribution is 7.22. The van der Waals surface area contributed by atoms with Crippen LogP contribution < -0.4 is 5.32 Å². The van der Waals surface area contributed by atoms with Gasteiger partial charge in [0.15, 0.2) is 11.6 Å². The molecule has 3 heterocycles. The Bertz CT molecular complexity index is 1470. The van der Waals surface area contributed by atoms with Crippen molar-refractivity contribution in [1.82, 2.24) is 15.0 Å². The summed E-state index contributed by atoms with van der Waals surface area (Å²) < 4.78 is 42.0. The van der Waals surface area contributed by atoms with Gasteiger partial charge in [0.05, 0.1) is 15.7 Å². The Balaban J connectivity index is 1.41. The predicted molar refractivity (Wildman–Crippen MR) is 123 cm³/mol. The highest BCUT2D eigenvalue weighted by atomic mass is 32.1. The van der Waals surface area contributed by atoms with Crippen LogP contribution in [0.5, 0.6) is 0 Å². The molecule has 3 aromatic heterocycles. The third-order valence-electron chi connectivity index (χ3n) is 5.61. The molecule has 0 unspecified atom stereocenters. The van der Waals surface area contributed by atoms with Gasteiger partial charge >= 0.3 is 0 Å². The van der Waals surface area contributed by atoms with Crippen molar-refractivity contribution in [1.29, 1.82) is 0 Å². The summed E-state index contributed by atoms with van der Waals surface area (Å²) in [5, 5.41) is 4.28. The number of nitrogens with one attached hydrogen (secondary N) is 2. The summed E-state index contributed by atoms with van der Waals surface area (Å²) in [6, 6.07) is 8.96. The molecule has 0 radical (unpaired) electrons. The van der Waals surface area contributed by atoms with E-state index in [0.717, 1.165) is 43.4 Å². The fourth-order valence-corrected chi connectivity index (χ4v) is 5.11. The quantitative estimate of drug-likeness (QED) is 0.319. The van der Waals surface area contributed by atoms with Gasteiger partial charge in [-0.05, 0) is 61.2 Å². The summed E-state index contributed by atoms with van der Waals surface area (Å²) >= 11 is 1.42. The maximum atomic E-state index is 14.2. The Labute approximate surface area is 186 Å². The molecule has 0 saturated heterocycles. The Kier molecular flexibility index (Phi) is 5.09.